The highest BCUT2D eigenvalue weighted by molar-refractivity contribution is 9.10. The van der Waals surface area contributed by atoms with Gasteiger partial charge < -0.3 is 10.4 Å². The molecule has 94 valence electrons. The number of nitrogens with one attached hydrogen (secondary N) is 1. The molecule has 0 bridgehead atoms. The topological polar surface area (TPSA) is 62.2 Å². The van der Waals surface area contributed by atoms with E-state index in [1.165, 1.54) is 16.7 Å². The number of aromatic nitrogens is 1. The van der Waals surface area contributed by atoms with Gasteiger partial charge in [0, 0.05) is 14.9 Å². The zero-order valence-electron chi connectivity index (χ0n) is 9.20. The maximum atomic E-state index is 10.7. The van der Waals surface area contributed by atoms with Crippen molar-refractivity contribution >= 4 is 55.7 Å². The van der Waals surface area contributed by atoms with E-state index in [2.05, 4.69) is 26.2 Å². The number of halogens is 2. The lowest BCUT2D eigenvalue weighted by Gasteiger charge is -2.07. The van der Waals surface area contributed by atoms with Gasteiger partial charge in [0.1, 0.15) is 0 Å². The fourth-order valence-corrected chi connectivity index (χ4v) is 2.70. The molecule has 18 heavy (non-hydrogen) atoms. The van der Waals surface area contributed by atoms with Gasteiger partial charge in [-0.15, -0.1) is 11.3 Å². The van der Waals surface area contributed by atoms with Crippen molar-refractivity contribution < 1.29 is 9.90 Å². The number of carboxylic acid groups (broad SMARTS) is 1. The van der Waals surface area contributed by atoms with Crippen molar-refractivity contribution in [3.63, 3.8) is 0 Å². The highest BCUT2D eigenvalue weighted by atomic mass is 79.9. The van der Waals surface area contributed by atoms with Crippen LogP contribution in [-0.4, -0.2) is 16.1 Å². The van der Waals surface area contributed by atoms with Crippen molar-refractivity contribution in [3.05, 3.63) is 38.3 Å². The van der Waals surface area contributed by atoms with Gasteiger partial charge in [0.2, 0.25) is 0 Å². The Morgan fingerprint density at radius 1 is 1.56 bits per heavy atom. The minimum Gasteiger partial charge on any atom is -0.476 e. The number of carbonyl (C=O) groups is 1. The molecule has 0 aliphatic rings. The van der Waals surface area contributed by atoms with E-state index >= 15 is 0 Å². The Morgan fingerprint density at radius 3 is 2.89 bits per heavy atom. The van der Waals surface area contributed by atoms with Crippen molar-refractivity contribution in [1.82, 2.24) is 4.98 Å². The maximum Gasteiger partial charge on any atom is 0.355 e. The molecule has 0 radical (unpaired) electrons. The molecule has 1 aromatic carbocycles. The molecule has 2 rings (SSSR count). The molecule has 1 heterocycles. The molecular weight excluding hydrogens is 340 g/mol. The molecule has 7 heteroatoms. The van der Waals surface area contributed by atoms with E-state index in [-0.39, 0.29) is 5.69 Å². The van der Waals surface area contributed by atoms with E-state index in [4.69, 9.17) is 16.7 Å². The molecule has 0 amide bonds. The molecule has 2 aromatic rings. The molecule has 1 aromatic heterocycles. The summed E-state index contributed by atoms with van der Waals surface area (Å²) in [6.07, 6.45) is 0. The third-order valence-corrected chi connectivity index (χ3v) is 4.03. The molecule has 0 atom stereocenters. The minimum atomic E-state index is -1.04. The number of aryl methyl sites for hydroxylation is 1. The monoisotopic (exact) mass is 346 g/mol. The Bertz CT molecular complexity index is 615. The van der Waals surface area contributed by atoms with Gasteiger partial charge in [-0.2, -0.15) is 0 Å². The third-order valence-electron chi connectivity index (χ3n) is 2.21. The van der Waals surface area contributed by atoms with Crippen LogP contribution in [-0.2, 0) is 0 Å². The lowest BCUT2D eigenvalue weighted by molar-refractivity contribution is 0.0691. The van der Waals surface area contributed by atoms with Gasteiger partial charge in [-0.05, 0) is 40.5 Å². The molecule has 4 nitrogen and oxygen atoms in total. The van der Waals surface area contributed by atoms with Crippen molar-refractivity contribution in [2.45, 2.75) is 6.92 Å². The predicted molar refractivity (Wildman–Crippen MR) is 76.2 cm³/mol. The lowest BCUT2D eigenvalue weighted by Crippen LogP contribution is -1.97. The molecule has 0 aliphatic carbocycles. The van der Waals surface area contributed by atoms with Gasteiger partial charge in [-0.3, -0.25) is 0 Å². The van der Waals surface area contributed by atoms with E-state index in [0.29, 0.717) is 10.2 Å². The van der Waals surface area contributed by atoms with Gasteiger partial charge in [0.25, 0.3) is 0 Å². The number of aromatic carboxylic acids is 1. The van der Waals surface area contributed by atoms with Crippen LogP contribution in [0.2, 0.25) is 5.02 Å². The summed E-state index contributed by atoms with van der Waals surface area (Å²) < 4.78 is 0.844. The highest BCUT2D eigenvalue weighted by Crippen LogP contribution is 2.32. The number of rotatable bonds is 3. The number of anilines is 2. The Balaban J connectivity index is 2.28. The number of nitrogens with zero attached hydrogens (tertiary/aromatic N) is 1. The smallest absolute Gasteiger partial charge is 0.355 e. The molecule has 0 unspecified atom stereocenters. The summed E-state index contributed by atoms with van der Waals surface area (Å²) in [7, 11) is 0. The Hall–Kier alpha value is -1.11. The van der Waals surface area contributed by atoms with Gasteiger partial charge in [-0.1, -0.05) is 11.6 Å². The minimum absolute atomic E-state index is 0.0248. The van der Waals surface area contributed by atoms with Crippen LogP contribution in [0, 0.1) is 6.92 Å². The van der Waals surface area contributed by atoms with E-state index in [1.54, 1.807) is 6.07 Å². The van der Waals surface area contributed by atoms with E-state index in [1.807, 2.05) is 13.0 Å². The quantitative estimate of drug-likeness (QED) is 0.868. The molecule has 0 fully saturated rings. The number of hydrogen-bond acceptors (Lipinski definition) is 4. The van der Waals surface area contributed by atoms with Gasteiger partial charge in [-0.25, -0.2) is 9.78 Å². The van der Waals surface area contributed by atoms with Crippen LogP contribution >= 0.6 is 38.9 Å². The standard InChI is InChI=1S/C11H8BrClN2O2S/c1-5-2-6(12)8(3-7(5)13)14-11-15-9(4-18-11)10(16)17/h2-4H,1H3,(H,14,15)(H,16,17). The second-order valence-corrected chi connectivity index (χ2v) is 5.67. The predicted octanol–water partition coefficient (Wildman–Crippen LogP) is 4.31. The zero-order valence-corrected chi connectivity index (χ0v) is 12.4. The Labute approximate surface area is 121 Å². The number of thiazole rings is 1. The second-order valence-electron chi connectivity index (χ2n) is 3.55. The molecule has 0 aliphatic heterocycles. The van der Waals surface area contributed by atoms with Crippen LogP contribution in [0.1, 0.15) is 16.1 Å². The molecule has 2 N–H and O–H groups in total. The summed E-state index contributed by atoms with van der Waals surface area (Å²) in [5, 5.41) is 14.4. The van der Waals surface area contributed by atoms with Crippen molar-refractivity contribution in [3.8, 4) is 0 Å². The first-order valence-corrected chi connectivity index (χ1v) is 6.94. The largest absolute Gasteiger partial charge is 0.476 e. The Morgan fingerprint density at radius 2 is 2.28 bits per heavy atom. The molecular formula is C11H8BrClN2O2S. The summed E-state index contributed by atoms with van der Waals surface area (Å²) >= 11 is 10.7. The van der Waals surface area contributed by atoms with Gasteiger partial charge >= 0.3 is 5.97 Å². The molecule has 0 saturated heterocycles. The fourth-order valence-electron chi connectivity index (χ4n) is 1.29. The van der Waals surface area contributed by atoms with Crippen LogP contribution in [0.25, 0.3) is 0 Å². The van der Waals surface area contributed by atoms with Crippen LogP contribution in [0.4, 0.5) is 10.8 Å². The maximum absolute atomic E-state index is 10.7. The summed E-state index contributed by atoms with van der Waals surface area (Å²) in [6.45, 7) is 1.91. The third kappa shape index (κ3) is 2.82. The summed E-state index contributed by atoms with van der Waals surface area (Å²) in [5.74, 6) is -1.04. The van der Waals surface area contributed by atoms with Gasteiger partial charge in [0.05, 0.1) is 5.69 Å². The van der Waals surface area contributed by atoms with Crippen LogP contribution < -0.4 is 5.32 Å². The van der Waals surface area contributed by atoms with E-state index < -0.39 is 5.97 Å². The molecule has 0 saturated carbocycles. The van der Waals surface area contributed by atoms with Gasteiger partial charge in [0.15, 0.2) is 10.8 Å². The zero-order chi connectivity index (χ0) is 13.3. The SMILES string of the molecule is Cc1cc(Br)c(Nc2nc(C(=O)O)cs2)cc1Cl. The summed E-state index contributed by atoms with van der Waals surface area (Å²) in [4.78, 5) is 14.7. The Kier molecular flexibility index (Phi) is 3.89. The second kappa shape index (κ2) is 5.26. The highest BCUT2D eigenvalue weighted by Gasteiger charge is 2.10. The molecule has 0 spiro atoms. The van der Waals surface area contributed by atoms with E-state index in [0.717, 1.165) is 15.7 Å². The number of hydrogen-bond donors (Lipinski definition) is 2. The number of carboxylic acids is 1. The first kappa shape index (κ1) is 13.3. The summed E-state index contributed by atoms with van der Waals surface area (Å²) in [6, 6.07) is 3.65. The van der Waals surface area contributed by atoms with Crippen molar-refractivity contribution in [2.24, 2.45) is 0 Å². The van der Waals surface area contributed by atoms with E-state index in [9.17, 15) is 4.79 Å². The number of benzene rings is 1. The first-order valence-electron chi connectivity index (χ1n) is 4.89. The lowest BCUT2D eigenvalue weighted by atomic mass is 10.2. The van der Waals surface area contributed by atoms with Crippen molar-refractivity contribution in [2.75, 3.05) is 5.32 Å². The summed E-state index contributed by atoms with van der Waals surface area (Å²) in [5.41, 5.74) is 1.73. The average molecular weight is 348 g/mol. The van der Waals surface area contributed by atoms with Crippen LogP contribution in [0.5, 0.6) is 0 Å². The average Bonchev–Trinajstić information content (AvgIpc) is 2.74. The van der Waals surface area contributed by atoms with Crippen molar-refractivity contribution in [1.29, 1.82) is 0 Å². The van der Waals surface area contributed by atoms with Crippen LogP contribution in [0.3, 0.4) is 0 Å². The normalized spacial score (nSPS) is 10.4. The first-order chi connectivity index (χ1) is 8.47. The van der Waals surface area contributed by atoms with Crippen LogP contribution in [0.15, 0.2) is 22.0 Å². The fraction of sp³-hybridized carbons (Fsp3) is 0.0909.